The molecule has 1 aromatic heterocycles. The van der Waals surface area contributed by atoms with E-state index in [4.69, 9.17) is 14.0 Å². The number of carbonyl (C=O) groups excluding carboxylic acids is 1. The number of benzene rings is 2. The molecule has 1 amide bonds. The molecule has 0 bridgehead atoms. The molecule has 0 saturated carbocycles. The van der Waals surface area contributed by atoms with Crippen LogP contribution in [-0.4, -0.2) is 54.2 Å². The molecule has 0 atom stereocenters. The van der Waals surface area contributed by atoms with Crippen LogP contribution in [0.1, 0.15) is 29.7 Å². The molecule has 7 nitrogen and oxygen atoms in total. The average Bonchev–Trinajstić information content (AvgIpc) is 3.36. The number of piperidine rings is 1. The summed E-state index contributed by atoms with van der Waals surface area (Å²) in [5.41, 5.74) is 3.06. The summed E-state index contributed by atoms with van der Waals surface area (Å²) < 4.78 is 16.3. The maximum atomic E-state index is 12.6. The zero-order chi connectivity index (χ0) is 23.8. The number of nitrogens with zero attached hydrogens (tertiary/aromatic N) is 3. The van der Waals surface area contributed by atoms with Gasteiger partial charge in [0.2, 0.25) is 5.91 Å². The maximum absolute atomic E-state index is 12.6. The standard InChI is InChI=1S/C27H31N3O4/c1-29(20-23-14-17-33-28-23)19-22-4-3-5-26(18-22)34-25-12-15-30(16-13-25)27(31)11-8-21-6-9-24(32-2)10-7-21/h3-11,14,17-18,25H,12-13,15-16,19-20H2,1-2H3. The molecular weight excluding hydrogens is 430 g/mol. The zero-order valence-corrected chi connectivity index (χ0v) is 19.7. The van der Waals surface area contributed by atoms with Crippen LogP contribution in [0.5, 0.6) is 11.5 Å². The Balaban J connectivity index is 1.23. The Morgan fingerprint density at radius 1 is 1.12 bits per heavy atom. The third-order valence-corrected chi connectivity index (χ3v) is 5.86. The van der Waals surface area contributed by atoms with Crippen molar-refractivity contribution in [2.24, 2.45) is 0 Å². The largest absolute Gasteiger partial charge is 0.497 e. The second kappa shape index (κ2) is 11.5. The van der Waals surface area contributed by atoms with Crippen molar-refractivity contribution < 1.29 is 18.8 Å². The second-order valence-corrected chi connectivity index (χ2v) is 8.56. The predicted octanol–water partition coefficient (Wildman–Crippen LogP) is 4.40. The molecule has 178 valence electrons. The second-order valence-electron chi connectivity index (χ2n) is 8.56. The van der Waals surface area contributed by atoms with Crippen molar-refractivity contribution in [3.05, 3.63) is 83.8 Å². The molecule has 7 heteroatoms. The van der Waals surface area contributed by atoms with Crippen molar-refractivity contribution in [2.75, 3.05) is 27.2 Å². The van der Waals surface area contributed by atoms with E-state index in [9.17, 15) is 4.79 Å². The van der Waals surface area contributed by atoms with Crippen molar-refractivity contribution in [1.29, 1.82) is 0 Å². The predicted molar refractivity (Wildman–Crippen MR) is 130 cm³/mol. The van der Waals surface area contributed by atoms with E-state index in [1.54, 1.807) is 19.4 Å². The van der Waals surface area contributed by atoms with E-state index < -0.39 is 0 Å². The van der Waals surface area contributed by atoms with Gasteiger partial charge < -0.3 is 18.9 Å². The van der Waals surface area contributed by atoms with Gasteiger partial charge in [-0.15, -0.1) is 0 Å². The van der Waals surface area contributed by atoms with Crippen LogP contribution in [-0.2, 0) is 17.9 Å². The van der Waals surface area contributed by atoms with E-state index in [2.05, 4.69) is 29.2 Å². The molecule has 1 fully saturated rings. The van der Waals surface area contributed by atoms with Gasteiger partial charge >= 0.3 is 0 Å². The minimum atomic E-state index is 0.0337. The van der Waals surface area contributed by atoms with E-state index in [1.165, 1.54) is 5.56 Å². The van der Waals surface area contributed by atoms with Crippen LogP contribution in [0.4, 0.5) is 0 Å². The molecule has 0 unspecified atom stereocenters. The van der Waals surface area contributed by atoms with Crippen molar-refractivity contribution in [1.82, 2.24) is 15.0 Å². The van der Waals surface area contributed by atoms with E-state index in [0.29, 0.717) is 13.1 Å². The molecule has 3 aromatic rings. The van der Waals surface area contributed by atoms with Crippen LogP contribution in [0.2, 0.25) is 0 Å². The van der Waals surface area contributed by atoms with E-state index in [-0.39, 0.29) is 12.0 Å². The fraction of sp³-hybridized carbons (Fsp3) is 0.333. The number of hydrogen-bond acceptors (Lipinski definition) is 6. The molecule has 34 heavy (non-hydrogen) atoms. The Morgan fingerprint density at radius 3 is 2.62 bits per heavy atom. The van der Waals surface area contributed by atoms with Gasteiger partial charge in [-0.05, 0) is 48.5 Å². The van der Waals surface area contributed by atoms with Gasteiger partial charge in [0.25, 0.3) is 0 Å². The zero-order valence-electron chi connectivity index (χ0n) is 19.7. The minimum absolute atomic E-state index is 0.0337. The van der Waals surface area contributed by atoms with E-state index in [0.717, 1.165) is 48.7 Å². The van der Waals surface area contributed by atoms with Gasteiger partial charge in [-0.2, -0.15) is 0 Å². The third kappa shape index (κ3) is 6.71. The highest BCUT2D eigenvalue weighted by molar-refractivity contribution is 5.91. The minimum Gasteiger partial charge on any atom is -0.497 e. The molecule has 0 radical (unpaired) electrons. The number of aromatic nitrogens is 1. The summed E-state index contributed by atoms with van der Waals surface area (Å²) in [7, 11) is 3.69. The van der Waals surface area contributed by atoms with Gasteiger partial charge in [-0.25, -0.2) is 0 Å². The number of hydrogen-bond donors (Lipinski definition) is 0. The molecular formula is C27H31N3O4. The lowest BCUT2D eigenvalue weighted by molar-refractivity contribution is -0.127. The third-order valence-electron chi connectivity index (χ3n) is 5.86. The summed E-state index contributed by atoms with van der Waals surface area (Å²) in [5, 5.41) is 3.97. The lowest BCUT2D eigenvalue weighted by atomic mass is 10.1. The van der Waals surface area contributed by atoms with Crippen LogP contribution in [0.3, 0.4) is 0 Å². The van der Waals surface area contributed by atoms with E-state index in [1.807, 2.05) is 53.4 Å². The number of likely N-dealkylation sites (tertiary alicyclic amines) is 1. The van der Waals surface area contributed by atoms with Crippen LogP contribution >= 0.6 is 0 Å². The topological polar surface area (TPSA) is 68.0 Å². The molecule has 4 rings (SSSR count). The van der Waals surface area contributed by atoms with E-state index >= 15 is 0 Å². The van der Waals surface area contributed by atoms with Gasteiger partial charge in [0.15, 0.2) is 0 Å². The Labute approximate surface area is 200 Å². The molecule has 1 saturated heterocycles. The smallest absolute Gasteiger partial charge is 0.246 e. The van der Waals surface area contributed by atoms with Crippen LogP contribution < -0.4 is 9.47 Å². The first-order chi connectivity index (χ1) is 16.6. The van der Waals surface area contributed by atoms with Gasteiger partial charge in [0.1, 0.15) is 23.9 Å². The molecule has 0 spiro atoms. The highest BCUT2D eigenvalue weighted by atomic mass is 16.5. The monoisotopic (exact) mass is 461 g/mol. The van der Waals surface area contributed by atoms with Crippen molar-refractivity contribution in [2.45, 2.75) is 32.0 Å². The molecule has 2 aromatic carbocycles. The number of carbonyl (C=O) groups is 1. The van der Waals surface area contributed by atoms with Gasteiger partial charge in [-0.1, -0.05) is 29.4 Å². The average molecular weight is 462 g/mol. The Morgan fingerprint density at radius 2 is 1.91 bits per heavy atom. The van der Waals surface area contributed by atoms with Gasteiger partial charge in [0.05, 0.1) is 12.8 Å². The first kappa shape index (κ1) is 23.6. The van der Waals surface area contributed by atoms with Crippen LogP contribution in [0, 0.1) is 0 Å². The summed E-state index contributed by atoms with van der Waals surface area (Å²) in [6.07, 6.45) is 6.82. The summed E-state index contributed by atoms with van der Waals surface area (Å²) in [4.78, 5) is 16.6. The Hall–Kier alpha value is -3.58. The summed E-state index contributed by atoms with van der Waals surface area (Å²) in [5.74, 6) is 1.71. The number of ether oxygens (including phenoxy) is 2. The Bertz CT molecular complexity index is 1070. The number of rotatable bonds is 9. The van der Waals surface area contributed by atoms with Gasteiger partial charge in [-0.3, -0.25) is 9.69 Å². The highest BCUT2D eigenvalue weighted by Gasteiger charge is 2.23. The van der Waals surface area contributed by atoms with Crippen molar-refractivity contribution in [3.63, 3.8) is 0 Å². The molecule has 0 N–H and O–H groups in total. The normalized spacial score (nSPS) is 14.6. The highest BCUT2D eigenvalue weighted by Crippen LogP contribution is 2.21. The molecule has 0 aliphatic carbocycles. The summed E-state index contributed by atoms with van der Waals surface area (Å²) in [6, 6.07) is 17.7. The Kier molecular flexibility index (Phi) is 7.99. The van der Waals surface area contributed by atoms with Crippen molar-refractivity contribution >= 4 is 12.0 Å². The fourth-order valence-electron chi connectivity index (χ4n) is 4.05. The first-order valence-corrected chi connectivity index (χ1v) is 11.5. The van der Waals surface area contributed by atoms with Crippen LogP contribution in [0.15, 0.2) is 71.5 Å². The SMILES string of the molecule is COc1ccc(C=CC(=O)N2CCC(Oc3cccc(CN(C)Cc4ccon4)c3)CC2)cc1. The summed E-state index contributed by atoms with van der Waals surface area (Å²) >= 11 is 0. The van der Waals surface area contributed by atoms with Crippen LogP contribution in [0.25, 0.3) is 6.08 Å². The maximum Gasteiger partial charge on any atom is 0.246 e. The molecule has 1 aliphatic heterocycles. The lowest BCUT2D eigenvalue weighted by Gasteiger charge is -2.31. The fourth-order valence-corrected chi connectivity index (χ4v) is 4.05. The van der Waals surface area contributed by atoms with Crippen molar-refractivity contribution in [3.8, 4) is 11.5 Å². The lowest BCUT2D eigenvalue weighted by Crippen LogP contribution is -2.41. The first-order valence-electron chi connectivity index (χ1n) is 11.5. The van der Waals surface area contributed by atoms with Gasteiger partial charge in [0, 0.05) is 51.2 Å². The quantitative estimate of drug-likeness (QED) is 0.440. The molecule has 2 heterocycles. The molecule has 1 aliphatic rings. The number of amides is 1. The number of methoxy groups -OCH3 is 1. The summed E-state index contributed by atoms with van der Waals surface area (Å²) in [6.45, 7) is 2.89.